The lowest BCUT2D eigenvalue weighted by Gasteiger charge is -2.07. The van der Waals surface area contributed by atoms with Gasteiger partial charge in [0.2, 0.25) is 5.56 Å². The first-order valence-corrected chi connectivity index (χ1v) is 5.49. The van der Waals surface area contributed by atoms with Crippen molar-refractivity contribution in [1.82, 2.24) is 4.98 Å². The Kier molecular flexibility index (Phi) is 3.15. The molecule has 0 aliphatic heterocycles. The third-order valence-electron chi connectivity index (χ3n) is 2.46. The number of rotatable bonds is 3. The number of fused-ring (bicyclic) bond motifs is 1. The van der Waals surface area contributed by atoms with Gasteiger partial charge in [-0.3, -0.25) is 9.59 Å². The predicted molar refractivity (Wildman–Crippen MR) is 66.2 cm³/mol. The van der Waals surface area contributed by atoms with Gasteiger partial charge in [0.05, 0.1) is 18.5 Å². The van der Waals surface area contributed by atoms with Crippen molar-refractivity contribution in [1.29, 1.82) is 0 Å². The van der Waals surface area contributed by atoms with Gasteiger partial charge >= 0.3 is 0 Å². The van der Waals surface area contributed by atoms with Gasteiger partial charge in [-0.05, 0) is 18.2 Å². The first-order valence-electron chi connectivity index (χ1n) is 4.96. The summed E-state index contributed by atoms with van der Waals surface area (Å²) in [7, 11) is 1.48. The second kappa shape index (κ2) is 4.59. The number of alkyl halides is 1. The van der Waals surface area contributed by atoms with Gasteiger partial charge in [-0.25, -0.2) is 0 Å². The Morgan fingerprint density at radius 1 is 1.41 bits per heavy atom. The predicted octanol–water partition coefficient (Wildman–Crippen LogP) is 1.96. The summed E-state index contributed by atoms with van der Waals surface area (Å²) in [4.78, 5) is 25.4. The van der Waals surface area contributed by atoms with E-state index in [-0.39, 0.29) is 17.2 Å². The van der Waals surface area contributed by atoms with Crippen molar-refractivity contribution in [3.8, 4) is 5.75 Å². The molecule has 0 aliphatic carbocycles. The topological polar surface area (TPSA) is 59.2 Å². The molecule has 0 atom stereocenters. The lowest BCUT2D eigenvalue weighted by atomic mass is 10.1. The minimum absolute atomic E-state index is 0.0853. The number of aromatic amines is 1. The number of Topliss-reactive ketones (excluding diaryl/α,β-unsaturated/α-hetero) is 1. The number of hydrogen-bond acceptors (Lipinski definition) is 3. The first-order chi connectivity index (χ1) is 8.15. The number of hydrogen-bond donors (Lipinski definition) is 1. The molecule has 1 N–H and O–H groups in total. The number of H-pyrrole nitrogens is 1. The molecule has 4 nitrogen and oxygen atoms in total. The first kappa shape index (κ1) is 11.7. The summed E-state index contributed by atoms with van der Waals surface area (Å²) in [5, 5.41) is 0.734. The molecule has 0 amide bonds. The van der Waals surface area contributed by atoms with E-state index in [1.54, 1.807) is 18.2 Å². The lowest BCUT2D eigenvalue weighted by molar-refractivity contribution is 0.102. The number of ketones is 1. The van der Waals surface area contributed by atoms with Crippen molar-refractivity contribution in [2.45, 2.75) is 0 Å². The summed E-state index contributed by atoms with van der Waals surface area (Å²) in [5.41, 5.74) is 0.828. The maximum Gasteiger partial charge on any atom is 0.248 e. The SMILES string of the molecule is COc1cc(C(=O)CCl)cc2ccc(=O)[nH]c12. The molecule has 0 bridgehead atoms. The van der Waals surface area contributed by atoms with Crippen molar-refractivity contribution in [3.63, 3.8) is 0 Å². The standard InChI is InChI=1S/C12H10ClNO3/c1-17-10-5-8(9(15)6-13)4-7-2-3-11(16)14-12(7)10/h2-5H,6H2,1H3,(H,14,16). The van der Waals surface area contributed by atoms with Crippen LogP contribution in [-0.4, -0.2) is 23.8 Å². The van der Waals surface area contributed by atoms with Crippen molar-refractivity contribution in [2.24, 2.45) is 0 Å². The largest absolute Gasteiger partial charge is 0.495 e. The average molecular weight is 252 g/mol. The molecule has 88 valence electrons. The molecule has 1 aromatic heterocycles. The molecule has 0 radical (unpaired) electrons. The Labute approximate surface area is 102 Å². The van der Waals surface area contributed by atoms with E-state index >= 15 is 0 Å². The van der Waals surface area contributed by atoms with Gasteiger partial charge in [-0.1, -0.05) is 0 Å². The third kappa shape index (κ3) is 2.17. The number of carbonyl (C=O) groups is 1. The molecule has 17 heavy (non-hydrogen) atoms. The van der Waals surface area contributed by atoms with E-state index in [0.717, 1.165) is 5.39 Å². The second-order valence-corrected chi connectivity index (χ2v) is 3.79. The molecule has 5 heteroatoms. The van der Waals surface area contributed by atoms with Gasteiger partial charge < -0.3 is 9.72 Å². The van der Waals surface area contributed by atoms with Crippen LogP contribution < -0.4 is 10.3 Å². The van der Waals surface area contributed by atoms with Crippen molar-refractivity contribution in [2.75, 3.05) is 13.0 Å². The van der Waals surface area contributed by atoms with Crippen LogP contribution in [0.3, 0.4) is 0 Å². The normalized spacial score (nSPS) is 10.5. The highest BCUT2D eigenvalue weighted by atomic mass is 35.5. The molecule has 2 rings (SSSR count). The number of pyridine rings is 1. The van der Waals surface area contributed by atoms with E-state index in [2.05, 4.69) is 4.98 Å². The lowest BCUT2D eigenvalue weighted by Crippen LogP contribution is -2.06. The van der Waals surface area contributed by atoms with Crippen LogP contribution in [0.15, 0.2) is 29.1 Å². The number of methoxy groups -OCH3 is 1. The summed E-state index contributed by atoms with van der Waals surface area (Å²) in [5.74, 6) is 0.185. The Hall–Kier alpha value is -1.81. The fraction of sp³-hybridized carbons (Fsp3) is 0.167. The number of aromatic nitrogens is 1. The molecule has 0 unspecified atom stereocenters. The molecule has 1 aromatic carbocycles. The minimum atomic E-state index is -0.216. The van der Waals surface area contributed by atoms with E-state index < -0.39 is 0 Å². The van der Waals surface area contributed by atoms with Crippen LogP contribution in [0.1, 0.15) is 10.4 Å². The molecular weight excluding hydrogens is 242 g/mol. The highest BCUT2D eigenvalue weighted by Crippen LogP contribution is 2.25. The zero-order valence-electron chi connectivity index (χ0n) is 9.12. The molecule has 0 saturated carbocycles. The van der Waals surface area contributed by atoms with E-state index in [9.17, 15) is 9.59 Å². The van der Waals surface area contributed by atoms with E-state index in [4.69, 9.17) is 16.3 Å². The molecule has 0 fully saturated rings. The van der Waals surface area contributed by atoms with E-state index in [0.29, 0.717) is 16.8 Å². The zero-order chi connectivity index (χ0) is 12.4. The highest BCUT2D eigenvalue weighted by molar-refractivity contribution is 6.30. The summed E-state index contributed by atoms with van der Waals surface area (Å²) in [6, 6.07) is 6.29. The number of halogens is 1. The van der Waals surface area contributed by atoms with E-state index in [1.807, 2.05) is 0 Å². The van der Waals surface area contributed by atoms with Crippen LogP contribution in [0.25, 0.3) is 10.9 Å². The molecule has 1 heterocycles. The van der Waals surface area contributed by atoms with Gasteiger partial charge in [0, 0.05) is 17.0 Å². The smallest absolute Gasteiger partial charge is 0.248 e. The molecule has 0 saturated heterocycles. The monoisotopic (exact) mass is 251 g/mol. The third-order valence-corrected chi connectivity index (χ3v) is 2.70. The maximum atomic E-state index is 11.5. The summed E-state index contributed by atoms with van der Waals surface area (Å²) >= 11 is 5.51. The van der Waals surface area contributed by atoms with Gasteiger partial charge in [-0.15, -0.1) is 11.6 Å². The molecule has 0 spiro atoms. The number of nitrogens with one attached hydrogen (secondary N) is 1. The fourth-order valence-corrected chi connectivity index (χ4v) is 1.79. The quantitative estimate of drug-likeness (QED) is 0.670. The second-order valence-electron chi connectivity index (χ2n) is 3.52. The van der Waals surface area contributed by atoms with Gasteiger partial charge in [-0.2, -0.15) is 0 Å². The minimum Gasteiger partial charge on any atom is -0.495 e. The Bertz CT molecular complexity index is 633. The van der Waals surface area contributed by atoms with Crippen LogP contribution in [-0.2, 0) is 0 Å². The van der Waals surface area contributed by atoms with Gasteiger partial charge in [0.15, 0.2) is 5.78 Å². The number of benzene rings is 1. The van der Waals surface area contributed by atoms with Crippen LogP contribution in [0.4, 0.5) is 0 Å². The maximum absolute atomic E-state index is 11.5. The number of ether oxygens (including phenoxy) is 1. The average Bonchev–Trinajstić information content (AvgIpc) is 2.36. The Morgan fingerprint density at radius 2 is 2.18 bits per heavy atom. The van der Waals surface area contributed by atoms with Crippen molar-refractivity contribution in [3.05, 3.63) is 40.2 Å². The van der Waals surface area contributed by atoms with Crippen molar-refractivity contribution >= 4 is 28.3 Å². The highest BCUT2D eigenvalue weighted by Gasteiger charge is 2.10. The number of carbonyl (C=O) groups excluding carboxylic acids is 1. The van der Waals surface area contributed by atoms with Crippen LogP contribution >= 0.6 is 11.6 Å². The zero-order valence-corrected chi connectivity index (χ0v) is 9.88. The van der Waals surface area contributed by atoms with Crippen LogP contribution in [0.5, 0.6) is 5.75 Å². The molecule has 0 aliphatic rings. The Morgan fingerprint density at radius 3 is 2.82 bits per heavy atom. The summed E-state index contributed by atoms with van der Waals surface area (Å²) in [6.07, 6.45) is 0. The van der Waals surface area contributed by atoms with Crippen molar-refractivity contribution < 1.29 is 9.53 Å². The van der Waals surface area contributed by atoms with Crippen LogP contribution in [0, 0.1) is 0 Å². The van der Waals surface area contributed by atoms with E-state index in [1.165, 1.54) is 13.2 Å². The summed E-state index contributed by atoms with van der Waals surface area (Å²) in [6.45, 7) is 0. The van der Waals surface area contributed by atoms with Crippen LogP contribution in [0.2, 0.25) is 0 Å². The molecular formula is C12H10ClNO3. The van der Waals surface area contributed by atoms with Gasteiger partial charge in [0.25, 0.3) is 0 Å². The molecule has 2 aromatic rings. The van der Waals surface area contributed by atoms with Gasteiger partial charge in [0.1, 0.15) is 5.75 Å². The summed E-state index contributed by atoms with van der Waals surface area (Å²) < 4.78 is 5.15. The fourth-order valence-electron chi connectivity index (χ4n) is 1.63. The Balaban J connectivity index is 2.74.